The van der Waals surface area contributed by atoms with Crippen molar-refractivity contribution >= 4 is 8.80 Å². The number of hydrogen-bond donors (Lipinski definition) is 0. The molecule has 0 fully saturated rings. The second-order valence-corrected chi connectivity index (χ2v) is 8.55. The van der Waals surface area contributed by atoms with E-state index in [1.54, 1.807) is 0 Å². The molecule has 0 spiro atoms. The van der Waals surface area contributed by atoms with Gasteiger partial charge >= 0.3 is 26.2 Å². The van der Waals surface area contributed by atoms with Crippen LogP contribution >= 0.6 is 0 Å². The average molecular weight is 430 g/mol. The third-order valence-corrected chi connectivity index (χ3v) is 6.99. The van der Waals surface area contributed by atoms with E-state index >= 15 is 0 Å². The van der Waals surface area contributed by atoms with Gasteiger partial charge in [0.05, 0.1) is 0 Å². The van der Waals surface area contributed by atoms with Crippen molar-refractivity contribution in [3.63, 3.8) is 0 Å². The number of halogens is 7. The Hall–Kier alpha value is -0.393. The lowest BCUT2D eigenvalue weighted by atomic mass is 10.0. The van der Waals surface area contributed by atoms with Crippen LogP contribution in [0.3, 0.4) is 0 Å². The van der Waals surface area contributed by atoms with E-state index in [2.05, 4.69) is 13.3 Å². The second-order valence-electron chi connectivity index (χ2n) is 5.94. The molecule has 164 valence electrons. The minimum absolute atomic E-state index is 0.114. The van der Waals surface area contributed by atoms with E-state index in [1.807, 2.05) is 6.92 Å². The molecule has 0 aliphatic heterocycles. The fourth-order valence-electron chi connectivity index (χ4n) is 2.50. The molecule has 0 aromatic heterocycles. The van der Waals surface area contributed by atoms with Crippen LogP contribution in [0.5, 0.6) is 0 Å². The van der Waals surface area contributed by atoms with Crippen molar-refractivity contribution in [2.45, 2.75) is 83.4 Å². The zero-order valence-electron chi connectivity index (χ0n) is 16.1. The lowest BCUT2D eigenvalue weighted by molar-refractivity contribution is -0.315. The van der Waals surface area contributed by atoms with E-state index in [0.717, 1.165) is 0 Å². The van der Waals surface area contributed by atoms with Crippen LogP contribution in [-0.4, -0.2) is 52.2 Å². The first-order valence-electron chi connectivity index (χ1n) is 9.11. The Kier molecular flexibility index (Phi) is 10.8. The Bertz CT molecular complexity index is 408. The van der Waals surface area contributed by atoms with Gasteiger partial charge in [-0.25, -0.2) is 4.39 Å². The van der Waals surface area contributed by atoms with Gasteiger partial charge in [-0.1, -0.05) is 32.6 Å². The van der Waals surface area contributed by atoms with Gasteiger partial charge < -0.3 is 13.3 Å². The van der Waals surface area contributed by atoms with Gasteiger partial charge in [0.1, 0.15) is 0 Å². The molecule has 0 rings (SSSR count). The van der Waals surface area contributed by atoms with Crippen LogP contribution < -0.4 is 0 Å². The Morgan fingerprint density at radius 3 is 1.56 bits per heavy atom. The zero-order chi connectivity index (χ0) is 21.4. The summed E-state index contributed by atoms with van der Waals surface area (Å²) in [6.07, 6.45) is -2.86. The highest BCUT2D eigenvalue weighted by Gasteiger charge is 2.85. The average Bonchev–Trinajstić information content (AvgIpc) is 2.58. The quantitative estimate of drug-likeness (QED) is 0.187. The van der Waals surface area contributed by atoms with Gasteiger partial charge in [-0.2, -0.15) is 26.3 Å². The van der Waals surface area contributed by atoms with Gasteiger partial charge in [-0.05, 0) is 27.2 Å². The number of unbranched alkanes of at least 4 members (excludes halogenated alkanes) is 3. The molecule has 0 radical (unpaired) electrons. The summed E-state index contributed by atoms with van der Waals surface area (Å²) in [5.74, 6) is -11.7. The minimum Gasteiger partial charge on any atom is -0.370 e. The Balaban J connectivity index is 5.78. The van der Waals surface area contributed by atoms with E-state index in [1.165, 1.54) is 20.8 Å². The predicted octanol–water partition coefficient (Wildman–Crippen LogP) is 5.79. The normalized spacial score (nSPS) is 15.2. The van der Waals surface area contributed by atoms with Crippen molar-refractivity contribution in [3.05, 3.63) is 0 Å². The summed E-state index contributed by atoms with van der Waals surface area (Å²) in [6, 6.07) is 0. The summed E-state index contributed by atoms with van der Waals surface area (Å²) in [6.45, 7) is 3.85. The summed E-state index contributed by atoms with van der Waals surface area (Å²) in [5, 5.41) is 0. The first kappa shape index (κ1) is 26.6. The molecular weight excluding hydrogens is 401 g/mol. The first-order chi connectivity index (χ1) is 12.4. The van der Waals surface area contributed by atoms with E-state index < -0.39 is 58.6 Å². The smallest absolute Gasteiger partial charge is 0.370 e. The van der Waals surface area contributed by atoms with Crippen molar-refractivity contribution in [2.24, 2.45) is 0 Å². The maximum atomic E-state index is 14.7. The van der Waals surface area contributed by atoms with Crippen LogP contribution in [0.15, 0.2) is 0 Å². The molecule has 0 bridgehead atoms. The van der Waals surface area contributed by atoms with Crippen molar-refractivity contribution in [2.75, 3.05) is 19.8 Å². The van der Waals surface area contributed by atoms with Crippen LogP contribution in [0, 0.1) is 0 Å². The largest absolute Gasteiger partial charge is 0.582 e. The highest BCUT2D eigenvalue weighted by Crippen LogP contribution is 2.53. The second kappa shape index (κ2) is 11.0. The molecule has 0 aromatic rings. The first-order valence-corrected chi connectivity index (χ1v) is 10.8. The molecule has 3 nitrogen and oxygen atoms in total. The zero-order valence-corrected chi connectivity index (χ0v) is 17.1. The Morgan fingerprint density at radius 1 is 0.741 bits per heavy atom. The lowest BCUT2D eigenvalue weighted by Gasteiger charge is -2.41. The van der Waals surface area contributed by atoms with Gasteiger partial charge in [0.15, 0.2) is 6.17 Å². The third-order valence-electron chi connectivity index (χ3n) is 3.91. The summed E-state index contributed by atoms with van der Waals surface area (Å²) < 4.78 is 114. The molecule has 0 N–H and O–H groups in total. The fraction of sp³-hybridized carbons (Fsp3) is 1.00. The van der Waals surface area contributed by atoms with Gasteiger partial charge in [-0.15, -0.1) is 0 Å². The molecule has 1 atom stereocenters. The highest BCUT2D eigenvalue weighted by atomic mass is 28.4. The summed E-state index contributed by atoms with van der Waals surface area (Å²) >= 11 is 0. The topological polar surface area (TPSA) is 27.7 Å². The molecule has 0 aliphatic rings. The number of alkyl halides is 7. The molecule has 0 aliphatic carbocycles. The minimum atomic E-state index is -6.06. The van der Waals surface area contributed by atoms with Crippen molar-refractivity contribution < 1.29 is 44.0 Å². The Morgan fingerprint density at radius 2 is 1.19 bits per heavy atom. The van der Waals surface area contributed by atoms with Gasteiger partial charge in [0.2, 0.25) is 0 Å². The third kappa shape index (κ3) is 5.57. The monoisotopic (exact) mass is 430 g/mol. The Labute approximate surface area is 156 Å². The van der Waals surface area contributed by atoms with Gasteiger partial charge in [0.25, 0.3) is 0 Å². The molecule has 1 unspecified atom stereocenters. The summed E-state index contributed by atoms with van der Waals surface area (Å²) in [4.78, 5) is 0. The van der Waals surface area contributed by atoms with E-state index in [4.69, 9.17) is 0 Å². The van der Waals surface area contributed by atoms with Crippen molar-refractivity contribution in [3.8, 4) is 0 Å². The lowest BCUT2D eigenvalue weighted by Crippen LogP contribution is -2.73. The molecular formula is C16H29F7O3Si. The van der Waals surface area contributed by atoms with Crippen LogP contribution in [0.25, 0.3) is 0 Å². The molecule has 0 saturated carbocycles. The SMILES string of the molecule is CCCCCCC(F)C(F)(F)C(F)(F)C(F)(F)[Si](OCC)(OCC)OCC. The number of hydrogen-bond acceptors (Lipinski definition) is 3. The predicted molar refractivity (Wildman–Crippen MR) is 89.1 cm³/mol. The van der Waals surface area contributed by atoms with Gasteiger partial charge in [-0.3, -0.25) is 0 Å². The molecule has 27 heavy (non-hydrogen) atoms. The van der Waals surface area contributed by atoms with Crippen LogP contribution in [0.2, 0.25) is 0 Å². The molecule has 0 amide bonds. The fourth-order valence-corrected chi connectivity index (χ4v) is 4.98. The van der Waals surface area contributed by atoms with Crippen molar-refractivity contribution in [1.82, 2.24) is 0 Å². The van der Waals surface area contributed by atoms with Crippen LogP contribution in [-0.2, 0) is 13.3 Å². The summed E-state index contributed by atoms with van der Waals surface area (Å²) in [7, 11) is -5.59. The maximum absolute atomic E-state index is 14.7. The standard InChI is InChI=1S/C16H29F7O3Si/c1-5-9-10-11-12-13(17)14(18,19)15(20,21)16(22,23)27(24-6-2,25-7-3)26-8-4/h13H,5-12H2,1-4H3. The van der Waals surface area contributed by atoms with E-state index in [-0.39, 0.29) is 6.42 Å². The van der Waals surface area contributed by atoms with Crippen molar-refractivity contribution in [1.29, 1.82) is 0 Å². The maximum Gasteiger partial charge on any atom is 0.582 e. The summed E-state index contributed by atoms with van der Waals surface area (Å²) in [5.41, 5.74) is -5.53. The van der Waals surface area contributed by atoms with E-state index in [9.17, 15) is 30.7 Å². The van der Waals surface area contributed by atoms with Crippen LogP contribution in [0.1, 0.15) is 59.8 Å². The molecule has 11 heteroatoms. The number of rotatable bonds is 15. The molecule has 0 saturated heterocycles. The molecule has 0 heterocycles. The van der Waals surface area contributed by atoms with Crippen LogP contribution in [0.4, 0.5) is 30.7 Å². The molecule has 0 aromatic carbocycles. The van der Waals surface area contributed by atoms with Gasteiger partial charge in [0, 0.05) is 19.8 Å². The highest BCUT2D eigenvalue weighted by molar-refractivity contribution is 6.63. The van der Waals surface area contributed by atoms with E-state index in [0.29, 0.717) is 19.3 Å².